The Balaban J connectivity index is 2.19. The van der Waals surface area contributed by atoms with E-state index in [4.69, 9.17) is 4.74 Å². The number of nitrogens with zero attached hydrogens (tertiary/aromatic N) is 2. The van der Waals surface area contributed by atoms with Gasteiger partial charge in [0.1, 0.15) is 17.5 Å². The number of nitrogens with one attached hydrogen (secondary N) is 2. The maximum absolute atomic E-state index is 5.42. The first kappa shape index (κ1) is 15.0. The van der Waals surface area contributed by atoms with E-state index >= 15 is 0 Å². The molecule has 0 radical (unpaired) electrons. The van der Waals surface area contributed by atoms with Crippen LogP contribution in [0.15, 0.2) is 0 Å². The summed E-state index contributed by atoms with van der Waals surface area (Å²) < 4.78 is 5.42. The molecule has 0 saturated carbocycles. The highest BCUT2D eigenvalue weighted by Gasteiger charge is 2.18. The van der Waals surface area contributed by atoms with Crippen LogP contribution < -0.4 is 10.6 Å². The molecule has 0 amide bonds. The first-order chi connectivity index (χ1) is 9.74. The zero-order valence-corrected chi connectivity index (χ0v) is 12.8. The highest BCUT2D eigenvalue weighted by atomic mass is 16.5. The van der Waals surface area contributed by atoms with Crippen LogP contribution in [0.1, 0.15) is 44.5 Å². The summed E-state index contributed by atoms with van der Waals surface area (Å²) >= 11 is 0. The smallest absolute Gasteiger partial charge is 0.135 e. The molecule has 2 heterocycles. The SMILES string of the molecule is CCCNc1nc(CCC)nc(NC2CCOC2)c1C. The lowest BCUT2D eigenvalue weighted by molar-refractivity contribution is 0.195. The van der Waals surface area contributed by atoms with E-state index < -0.39 is 0 Å². The fourth-order valence-corrected chi connectivity index (χ4v) is 2.30. The van der Waals surface area contributed by atoms with Gasteiger partial charge in [0.25, 0.3) is 0 Å². The van der Waals surface area contributed by atoms with Crippen LogP contribution in [0.2, 0.25) is 0 Å². The minimum Gasteiger partial charge on any atom is -0.379 e. The van der Waals surface area contributed by atoms with E-state index in [0.717, 1.165) is 68.5 Å². The average molecular weight is 278 g/mol. The first-order valence-corrected chi connectivity index (χ1v) is 7.70. The van der Waals surface area contributed by atoms with Crippen molar-refractivity contribution < 1.29 is 4.74 Å². The van der Waals surface area contributed by atoms with E-state index in [0.29, 0.717) is 6.04 Å². The number of hydrogen-bond acceptors (Lipinski definition) is 5. The van der Waals surface area contributed by atoms with Crippen LogP contribution in [0.4, 0.5) is 11.6 Å². The summed E-state index contributed by atoms with van der Waals surface area (Å²) in [6.07, 6.45) is 4.11. The number of rotatable bonds is 7. The Morgan fingerprint density at radius 2 is 2.00 bits per heavy atom. The number of ether oxygens (including phenoxy) is 1. The lowest BCUT2D eigenvalue weighted by Gasteiger charge is -2.17. The molecule has 1 saturated heterocycles. The van der Waals surface area contributed by atoms with E-state index in [1.165, 1.54) is 0 Å². The van der Waals surface area contributed by atoms with Crippen LogP contribution in [0, 0.1) is 6.92 Å². The first-order valence-electron chi connectivity index (χ1n) is 7.70. The molecule has 20 heavy (non-hydrogen) atoms. The van der Waals surface area contributed by atoms with E-state index in [2.05, 4.69) is 41.4 Å². The van der Waals surface area contributed by atoms with E-state index in [-0.39, 0.29) is 0 Å². The van der Waals surface area contributed by atoms with Gasteiger partial charge in [0.2, 0.25) is 0 Å². The van der Waals surface area contributed by atoms with E-state index in [9.17, 15) is 0 Å². The van der Waals surface area contributed by atoms with Crippen LogP contribution in [-0.2, 0) is 11.2 Å². The number of aryl methyl sites for hydroxylation is 1. The highest BCUT2D eigenvalue weighted by molar-refractivity contribution is 5.57. The lowest BCUT2D eigenvalue weighted by atomic mass is 10.2. The molecule has 5 nitrogen and oxygen atoms in total. The minimum atomic E-state index is 0.372. The maximum atomic E-state index is 5.42. The molecule has 0 aromatic carbocycles. The third-order valence-electron chi connectivity index (χ3n) is 3.48. The van der Waals surface area contributed by atoms with Crippen LogP contribution in [0.25, 0.3) is 0 Å². The van der Waals surface area contributed by atoms with Crippen molar-refractivity contribution in [1.29, 1.82) is 0 Å². The van der Waals surface area contributed by atoms with Crippen molar-refractivity contribution in [2.24, 2.45) is 0 Å². The monoisotopic (exact) mass is 278 g/mol. The summed E-state index contributed by atoms with van der Waals surface area (Å²) in [6.45, 7) is 8.93. The summed E-state index contributed by atoms with van der Waals surface area (Å²) in [4.78, 5) is 9.32. The largest absolute Gasteiger partial charge is 0.379 e. The minimum absolute atomic E-state index is 0.372. The van der Waals surface area contributed by atoms with Crippen LogP contribution >= 0.6 is 0 Å². The third-order valence-corrected chi connectivity index (χ3v) is 3.48. The molecular weight excluding hydrogens is 252 g/mol. The molecule has 0 spiro atoms. The summed E-state index contributed by atoms with van der Waals surface area (Å²) in [7, 11) is 0. The van der Waals surface area contributed by atoms with Crippen LogP contribution in [0.3, 0.4) is 0 Å². The molecule has 112 valence electrons. The second-order valence-corrected chi connectivity index (χ2v) is 5.34. The van der Waals surface area contributed by atoms with Gasteiger partial charge in [-0.25, -0.2) is 9.97 Å². The molecule has 2 rings (SSSR count). The Hall–Kier alpha value is -1.36. The molecule has 1 aliphatic heterocycles. The van der Waals surface area contributed by atoms with Gasteiger partial charge in [0.15, 0.2) is 0 Å². The van der Waals surface area contributed by atoms with Gasteiger partial charge in [-0.1, -0.05) is 13.8 Å². The Morgan fingerprint density at radius 3 is 2.65 bits per heavy atom. The Kier molecular flexibility index (Phi) is 5.59. The van der Waals surface area contributed by atoms with Crippen molar-refractivity contribution >= 4 is 11.6 Å². The standard InChI is InChI=1S/C15H26N4O/c1-4-6-13-18-14(16-8-5-2)11(3)15(19-13)17-12-7-9-20-10-12/h12H,4-10H2,1-3H3,(H2,16,17,18,19). The lowest BCUT2D eigenvalue weighted by Crippen LogP contribution is -2.22. The summed E-state index contributed by atoms with van der Waals surface area (Å²) in [5.41, 5.74) is 1.10. The zero-order chi connectivity index (χ0) is 14.4. The molecule has 2 N–H and O–H groups in total. The molecule has 1 unspecified atom stereocenters. The van der Waals surface area contributed by atoms with Gasteiger partial charge in [0.05, 0.1) is 12.6 Å². The fraction of sp³-hybridized carbons (Fsp3) is 0.733. The van der Waals surface area contributed by atoms with Crippen LogP contribution in [0.5, 0.6) is 0 Å². The second-order valence-electron chi connectivity index (χ2n) is 5.34. The van der Waals surface area contributed by atoms with Gasteiger partial charge in [-0.05, 0) is 26.2 Å². The zero-order valence-electron chi connectivity index (χ0n) is 12.8. The second kappa shape index (κ2) is 7.43. The molecular formula is C15H26N4O. The predicted molar refractivity (Wildman–Crippen MR) is 82.4 cm³/mol. The Labute approximate surface area is 121 Å². The van der Waals surface area contributed by atoms with Crippen molar-refractivity contribution in [2.45, 2.75) is 52.5 Å². The number of aromatic nitrogens is 2. The van der Waals surface area contributed by atoms with Gasteiger partial charge in [0, 0.05) is 25.1 Å². The van der Waals surface area contributed by atoms with E-state index in [1.54, 1.807) is 0 Å². The summed E-state index contributed by atoms with van der Waals surface area (Å²) in [5, 5.41) is 6.91. The summed E-state index contributed by atoms with van der Waals surface area (Å²) in [6, 6.07) is 0.372. The van der Waals surface area contributed by atoms with Gasteiger partial charge in [-0.3, -0.25) is 0 Å². The van der Waals surface area contributed by atoms with Crippen molar-refractivity contribution in [1.82, 2.24) is 9.97 Å². The quantitative estimate of drug-likeness (QED) is 0.803. The van der Waals surface area contributed by atoms with Gasteiger partial charge < -0.3 is 15.4 Å². The van der Waals surface area contributed by atoms with Gasteiger partial charge in [-0.2, -0.15) is 0 Å². The normalized spacial score (nSPS) is 18.2. The molecule has 1 aliphatic rings. The number of anilines is 2. The van der Waals surface area contributed by atoms with Crippen molar-refractivity contribution in [2.75, 3.05) is 30.4 Å². The third kappa shape index (κ3) is 3.82. The molecule has 0 bridgehead atoms. The van der Waals surface area contributed by atoms with Gasteiger partial charge in [-0.15, -0.1) is 0 Å². The molecule has 1 aromatic heterocycles. The Morgan fingerprint density at radius 1 is 1.20 bits per heavy atom. The van der Waals surface area contributed by atoms with Crippen molar-refractivity contribution in [3.05, 3.63) is 11.4 Å². The van der Waals surface area contributed by atoms with Crippen molar-refractivity contribution in [3.63, 3.8) is 0 Å². The maximum Gasteiger partial charge on any atom is 0.135 e. The molecule has 5 heteroatoms. The highest BCUT2D eigenvalue weighted by Crippen LogP contribution is 2.22. The topological polar surface area (TPSA) is 59.1 Å². The molecule has 0 aliphatic carbocycles. The Bertz CT molecular complexity index is 430. The fourth-order valence-electron chi connectivity index (χ4n) is 2.30. The van der Waals surface area contributed by atoms with Crippen molar-refractivity contribution in [3.8, 4) is 0 Å². The molecule has 1 fully saturated rings. The summed E-state index contributed by atoms with van der Waals surface area (Å²) in [5.74, 6) is 2.84. The predicted octanol–water partition coefficient (Wildman–Crippen LogP) is 2.76. The number of hydrogen-bond donors (Lipinski definition) is 2. The van der Waals surface area contributed by atoms with E-state index in [1.807, 2.05) is 0 Å². The molecule has 1 atom stereocenters. The van der Waals surface area contributed by atoms with Crippen LogP contribution in [-0.4, -0.2) is 35.8 Å². The average Bonchev–Trinajstić information content (AvgIpc) is 2.94. The molecule has 1 aromatic rings. The van der Waals surface area contributed by atoms with Gasteiger partial charge >= 0.3 is 0 Å².